The largest absolute Gasteiger partial charge is 0.368 e. The van der Waals surface area contributed by atoms with Crippen LogP contribution in [0.2, 0.25) is 0 Å². The number of hydrogen-bond donors (Lipinski definition) is 2. The monoisotopic (exact) mass is 282 g/mol. The molecule has 1 amide bonds. The van der Waals surface area contributed by atoms with Crippen LogP contribution < -0.4 is 11.1 Å². The standard InChI is InChI=1S/C13H22N4OS/c1-4-15-13(12(14)18,10-5-6-10)8-19-11-7-9(2)16-17(11)3/h7,10,15H,4-6,8H2,1-3H3,(H2,14,18). The van der Waals surface area contributed by atoms with Crippen molar-refractivity contribution in [2.24, 2.45) is 18.7 Å². The molecule has 1 aromatic heterocycles. The molecule has 0 bridgehead atoms. The van der Waals surface area contributed by atoms with Gasteiger partial charge in [0.05, 0.1) is 10.7 Å². The summed E-state index contributed by atoms with van der Waals surface area (Å²) in [5.74, 6) is 0.815. The Labute approximate surface area is 118 Å². The molecular weight excluding hydrogens is 260 g/mol. The highest BCUT2D eigenvalue weighted by Crippen LogP contribution is 2.42. The minimum absolute atomic E-state index is 0.233. The fourth-order valence-corrected chi connectivity index (χ4v) is 3.81. The van der Waals surface area contributed by atoms with Gasteiger partial charge in [-0.25, -0.2) is 0 Å². The van der Waals surface area contributed by atoms with Crippen molar-refractivity contribution in [3.05, 3.63) is 11.8 Å². The maximum atomic E-state index is 11.9. The maximum absolute atomic E-state index is 11.9. The van der Waals surface area contributed by atoms with Gasteiger partial charge in [-0.3, -0.25) is 9.48 Å². The number of aryl methyl sites for hydroxylation is 2. The van der Waals surface area contributed by atoms with E-state index in [-0.39, 0.29) is 5.91 Å². The topological polar surface area (TPSA) is 72.9 Å². The summed E-state index contributed by atoms with van der Waals surface area (Å²) < 4.78 is 1.85. The zero-order valence-electron chi connectivity index (χ0n) is 11.8. The summed E-state index contributed by atoms with van der Waals surface area (Å²) in [7, 11) is 1.92. The van der Waals surface area contributed by atoms with Crippen LogP contribution in [0.25, 0.3) is 0 Å². The quantitative estimate of drug-likeness (QED) is 0.734. The second-order valence-corrected chi connectivity index (χ2v) is 6.17. The number of carbonyl (C=O) groups is 1. The molecule has 19 heavy (non-hydrogen) atoms. The highest BCUT2D eigenvalue weighted by molar-refractivity contribution is 7.99. The fraction of sp³-hybridized carbons (Fsp3) is 0.692. The molecule has 1 saturated carbocycles. The molecule has 0 radical (unpaired) electrons. The summed E-state index contributed by atoms with van der Waals surface area (Å²) in [4.78, 5) is 11.9. The smallest absolute Gasteiger partial charge is 0.238 e. The van der Waals surface area contributed by atoms with Crippen molar-refractivity contribution in [1.82, 2.24) is 15.1 Å². The van der Waals surface area contributed by atoms with Crippen molar-refractivity contribution in [3.8, 4) is 0 Å². The first kappa shape index (κ1) is 14.4. The van der Waals surface area contributed by atoms with Crippen LogP contribution >= 0.6 is 11.8 Å². The van der Waals surface area contributed by atoms with Gasteiger partial charge in [-0.1, -0.05) is 6.92 Å². The Morgan fingerprint density at radius 3 is 2.79 bits per heavy atom. The van der Waals surface area contributed by atoms with Gasteiger partial charge in [0.1, 0.15) is 5.54 Å². The Hall–Kier alpha value is -1.01. The Morgan fingerprint density at radius 2 is 2.37 bits per heavy atom. The van der Waals surface area contributed by atoms with Gasteiger partial charge >= 0.3 is 0 Å². The molecule has 1 heterocycles. The summed E-state index contributed by atoms with van der Waals surface area (Å²) in [6, 6.07) is 2.04. The summed E-state index contributed by atoms with van der Waals surface area (Å²) in [5.41, 5.74) is 6.09. The van der Waals surface area contributed by atoms with Gasteiger partial charge in [0.2, 0.25) is 5.91 Å². The molecule has 1 atom stereocenters. The Kier molecular flexibility index (Phi) is 4.20. The summed E-state index contributed by atoms with van der Waals surface area (Å²) in [6.07, 6.45) is 2.17. The third-order valence-electron chi connectivity index (χ3n) is 3.61. The molecule has 0 saturated heterocycles. The van der Waals surface area contributed by atoms with Gasteiger partial charge in [-0.05, 0) is 38.3 Å². The van der Waals surface area contributed by atoms with E-state index >= 15 is 0 Å². The number of thioether (sulfide) groups is 1. The van der Waals surface area contributed by atoms with Crippen molar-refractivity contribution in [1.29, 1.82) is 0 Å². The summed E-state index contributed by atoms with van der Waals surface area (Å²) in [5, 5.41) is 8.72. The molecule has 1 aliphatic rings. The van der Waals surface area contributed by atoms with Crippen LogP contribution in [0.3, 0.4) is 0 Å². The van der Waals surface area contributed by atoms with Gasteiger partial charge in [0, 0.05) is 12.8 Å². The molecule has 1 aliphatic carbocycles. The number of nitrogens with two attached hydrogens (primary N) is 1. The van der Waals surface area contributed by atoms with Crippen molar-refractivity contribution in [2.75, 3.05) is 12.3 Å². The molecule has 1 fully saturated rings. The first-order valence-electron chi connectivity index (χ1n) is 6.68. The molecule has 0 aromatic carbocycles. The average molecular weight is 282 g/mol. The number of nitrogens with one attached hydrogen (secondary N) is 1. The number of primary amides is 1. The molecule has 1 aromatic rings. The van der Waals surface area contributed by atoms with E-state index in [1.807, 2.05) is 31.6 Å². The third kappa shape index (κ3) is 2.95. The van der Waals surface area contributed by atoms with Gasteiger partial charge in [0.15, 0.2) is 0 Å². The second kappa shape index (κ2) is 5.54. The zero-order chi connectivity index (χ0) is 14.0. The summed E-state index contributed by atoms with van der Waals surface area (Å²) in [6.45, 7) is 4.74. The van der Waals surface area contributed by atoms with E-state index in [4.69, 9.17) is 5.73 Å². The lowest BCUT2D eigenvalue weighted by molar-refractivity contribution is -0.124. The van der Waals surface area contributed by atoms with Crippen molar-refractivity contribution in [2.45, 2.75) is 37.3 Å². The van der Waals surface area contributed by atoms with Crippen LogP contribution in [0.4, 0.5) is 0 Å². The molecule has 0 spiro atoms. The molecule has 0 aliphatic heterocycles. The van der Waals surface area contributed by atoms with Crippen LogP contribution in [0.5, 0.6) is 0 Å². The Balaban J connectivity index is 2.12. The van der Waals surface area contributed by atoms with Crippen LogP contribution in [-0.4, -0.2) is 33.5 Å². The highest BCUT2D eigenvalue weighted by Gasteiger charge is 2.49. The number of nitrogens with zero attached hydrogens (tertiary/aromatic N) is 2. The second-order valence-electron chi connectivity index (χ2n) is 5.18. The van der Waals surface area contributed by atoms with Gasteiger partial charge in [0.25, 0.3) is 0 Å². The lowest BCUT2D eigenvalue weighted by atomic mass is 9.94. The predicted octanol–water partition coefficient (Wildman–Crippen LogP) is 1.06. The van der Waals surface area contributed by atoms with Crippen LogP contribution in [0.1, 0.15) is 25.5 Å². The fourth-order valence-electron chi connectivity index (χ4n) is 2.47. The molecular formula is C13H22N4OS. The number of aromatic nitrogens is 2. The minimum Gasteiger partial charge on any atom is -0.368 e. The molecule has 2 rings (SSSR count). The van der Waals surface area contributed by atoms with Crippen LogP contribution in [-0.2, 0) is 11.8 Å². The van der Waals surface area contributed by atoms with E-state index in [0.717, 1.165) is 30.1 Å². The lowest BCUT2D eigenvalue weighted by Gasteiger charge is -2.31. The summed E-state index contributed by atoms with van der Waals surface area (Å²) >= 11 is 1.65. The number of carbonyl (C=O) groups excluding carboxylic acids is 1. The predicted molar refractivity (Wildman–Crippen MR) is 77.0 cm³/mol. The van der Waals surface area contributed by atoms with E-state index in [1.54, 1.807) is 11.8 Å². The molecule has 5 nitrogen and oxygen atoms in total. The number of hydrogen-bond acceptors (Lipinski definition) is 4. The van der Waals surface area contributed by atoms with E-state index < -0.39 is 5.54 Å². The first-order valence-corrected chi connectivity index (χ1v) is 7.66. The van der Waals surface area contributed by atoms with Gasteiger partial charge in [-0.15, -0.1) is 11.8 Å². The third-order valence-corrected chi connectivity index (χ3v) is 4.89. The lowest BCUT2D eigenvalue weighted by Crippen LogP contribution is -2.59. The van der Waals surface area contributed by atoms with E-state index in [2.05, 4.69) is 10.4 Å². The SMILES string of the molecule is CCNC(CSc1cc(C)nn1C)(C(N)=O)C1CC1. The van der Waals surface area contributed by atoms with Gasteiger partial charge < -0.3 is 11.1 Å². The van der Waals surface area contributed by atoms with E-state index in [1.165, 1.54) is 0 Å². The maximum Gasteiger partial charge on any atom is 0.238 e. The first-order chi connectivity index (χ1) is 8.99. The van der Waals surface area contributed by atoms with Crippen LogP contribution in [0, 0.1) is 12.8 Å². The number of amides is 1. The number of rotatable bonds is 7. The Morgan fingerprint density at radius 1 is 1.68 bits per heavy atom. The van der Waals surface area contributed by atoms with Crippen molar-refractivity contribution >= 4 is 17.7 Å². The average Bonchev–Trinajstić information content (AvgIpc) is 3.12. The molecule has 106 valence electrons. The Bertz CT molecular complexity index is 469. The zero-order valence-corrected chi connectivity index (χ0v) is 12.6. The van der Waals surface area contributed by atoms with Gasteiger partial charge in [-0.2, -0.15) is 5.10 Å². The molecule has 6 heteroatoms. The van der Waals surface area contributed by atoms with Crippen molar-refractivity contribution in [3.63, 3.8) is 0 Å². The van der Waals surface area contributed by atoms with Crippen molar-refractivity contribution < 1.29 is 4.79 Å². The van der Waals surface area contributed by atoms with Crippen LogP contribution in [0.15, 0.2) is 11.1 Å². The van der Waals surface area contributed by atoms with E-state index in [9.17, 15) is 4.79 Å². The minimum atomic E-state index is -0.572. The highest BCUT2D eigenvalue weighted by atomic mass is 32.2. The van der Waals surface area contributed by atoms with E-state index in [0.29, 0.717) is 11.7 Å². The normalized spacial score (nSPS) is 18.3. The number of likely N-dealkylation sites (N-methyl/N-ethyl adjacent to an activating group) is 1. The molecule has 1 unspecified atom stereocenters. The molecule has 3 N–H and O–H groups in total.